The highest BCUT2D eigenvalue weighted by Gasteiger charge is 2.10. The van der Waals surface area contributed by atoms with Gasteiger partial charge < -0.3 is 10.6 Å². The lowest BCUT2D eigenvalue weighted by Crippen LogP contribution is -2.38. The largest absolute Gasteiger partial charge is 0.370 e. The Hall–Kier alpha value is -1.64. The molecule has 3 rings (SSSR count). The molecule has 0 bridgehead atoms. The summed E-state index contributed by atoms with van der Waals surface area (Å²) in [4.78, 5) is 15.1. The van der Waals surface area contributed by atoms with Crippen molar-refractivity contribution in [2.24, 2.45) is 10.7 Å². The summed E-state index contributed by atoms with van der Waals surface area (Å²) in [7, 11) is 0. The second-order valence-corrected chi connectivity index (χ2v) is 5.57. The van der Waals surface area contributed by atoms with Gasteiger partial charge in [-0.25, -0.2) is 15.0 Å². The third-order valence-corrected chi connectivity index (χ3v) is 3.93. The van der Waals surface area contributed by atoms with E-state index in [1.807, 2.05) is 22.9 Å². The number of halogens is 1. The highest BCUT2D eigenvalue weighted by Crippen LogP contribution is 2.11. The first-order chi connectivity index (χ1) is 10.8. The van der Waals surface area contributed by atoms with Crippen molar-refractivity contribution in [3.63, 3.8) is 0 Å². The van der Waals surface area contributed by atoms with Gasteiger partial charge in [-0.1, -0.05) is 12.8 Å². The summed E-state index contributed by atoms with van der Waals surface area (Å²) in [6, 6.07) is 3.99. The molecule has 2 aromatic rings. The van der Waals surface area contributed by atoms with Crippen LogP contribution in [0.3, 0.4) is 0 Å². The maximum atomic E-state index is 6.14. The lowest BCUT2D eigenvalue weighted by Gasteiger charge is -2.21. The Morgan fingerprint density at radius 1 is 1.17 bits per heavy atom. The van der Waals surface area contributed by atoms with Crippen molar-refractivity contribution in [2.75, 3.05) is 13.1 Å². The number of aromatic nitrogens is 3. The number of nitrogens with two attached hydrogens (primary N) is 1. The number of likely N-dealkylation sites (tertiary alicyclic amines) is 1. The Morgan fingerprint density at radius 3 is 2.65 bits per heavy atom. The van der Waals surface area contributed by atoms with Gasteiger partial charge in [0.25, 0.3) is 0 Å². The Bertz CT molecular complexity index is 617. The zero-order valence-electron chi connectivity index (χ0n) is 13.1. The zero-order chi connectivity index (χ0) is 15.2. The van der Waals surface area contributed by atoms with E-state index in [1.54, 1.807) is 18.7 Å². The predicted molar refractivity (Wildman–Crippen MR) is 102 cm³/mol. The lowest BCUT2D eigenvalue weighted by molar-refractivity contribution is 0.428. The summed E-state index contributed by atoms with van der Waals surface area (Å²) < 4.78 is 1.88. The molecule has 0 aromatic carbocycles. The Kier molecular flexibility index (Phi) is 6.82. The van der Waals surface area contributed by atoms with Gasteiger partial charge in [0.15, 0.2) is 5.96 Å². The molecule has 1 saturated heterocycles. The molecule has 0 unspecified atom stereocenters. The summed E-state index contributed by atoms with van der Waals surface area (Å²) in [5.74, 6) is 1.50. The van der Waals surface area contributed by atoms with Crippen molar-refractivity contribution in [1.82, 2.24) is 19.4 Å². The maximum Gasteiger partial charge on any atom is 0.191 e. The standard InChI is InChI=1S/C16H22N6.HI/c17-16(21-8-3-1-2-4-9-21)20-12-14-5-6-19-15(11-14)22-10-7-18-13-22;/h5-7,10-11,13H,1-4,8-9,12H2,(H2,17,20);1H. The fourth-order valence-corrected chi connectivity index (χ4v) is 2.67. The van der Waals surface area contributed by atoms with Gasteiger partial charge in [-0.05, 0) is 30.5 Å². The average Bonchev–Trinajstić information content (AvgIpc) is 2.95. The highest BCUT2D eigenvalue weighted by molar-refractivity contribution is 14.0. The number of hydrogen-bond donors (Lipinski definition) is 1. The van der Waals surface area contributed by atoms with E-state index in [4.69, 9.17) is 5.73 Å². The fourth-order valence-electron chi connectivity index (χ4n) is 2.67. The molecule has 1 aliphatic rings. The molecular weight excluding hydrogens is 403 g/mol. The van der Waals surface area contributed by atoms with E-state index in [0.717, 1.165) is 24.5 Å². The molecular formula is C16H23IN6. The Labute approximate surface area is 153 Å². The number of rotatable bonds is 3. The van der Waals surface area contributed by atoms with Crippen molar-refractivity contribution in [3.8, 4) is 5.82 Å². The smallest absolute Gasteiger partial charge is 0.191 e. The first-order valence-corrected chi connectivity index (χ1v) is 7.81. The van der Waals surface area contributed by atoms with Gasteiger partial charge in [0.05, 0.1) is 6.54 Å². The van der Waals surface area contributed by atoms with Crippen LogP contribution in [0.4, 0.5) is 0 Å². The van der Waals surface area contributed by atoms with Gasteiger partial charge >= 0.3 is 0 Å². The summed E-state index contributed by atoms with van der Waals surface area (Å²) in [6.45, 7) is 2.62. The van der Waals surface area contributed by atoms with E-state index < -0.39 is 0 Å². The van der Waals surface area contributed by atoms with E-state index in [9.17, 15) is 0 Å². The molecule has 23 heavy (non-hydrogen) atoms. The van der Waals surface area contributed by atoms with Crippen LogP contribution in [0, 0.1) is 0 Å². The molecule has 6 nitrogen and oxygen atoms in total. The van der Waals surface area contributed by atoms with Gasteiger partial charge in [0.1, 0.15) is 12.1 Å². The van der Waals surface area contributed by atoms with Crippen LogP contribution in [0.25, 0.3) is 5.82 Å². The number of nitrogens with zero attached hydrogens (tertiary/aromatic N) is 5. The van der Waals surface area contributed by atoms with Gasteiger partial charge in [-0.3, -0.25) is 4.57 Å². The third-order valence-electron chi connectivity index (χ3n) is 3.93. The Balaban J connectivity index is 0.00000192. The molecule has 1 aliphatic heterocycles. The highest BCUT2D eigenvalue weighted by atomic mass is 127. The average molecular weight is 426 g/mol. The topological polar surface area (TPSA) is 72.3 Å². The first kappa shape index (κ1) is 17.7. The minimum atomic E-state index is 0. The van der Waals surface area contributed by atoms with E-state index in [-0.39, 0.29) is 24.0 Å². The van der Waals surface area contributed by atoms with Crippen LogP contribution in [0.1, 0.15) is 31.2 Å². The molecule has 0 atom stereocenters. The molecule has 0 spiro atoms. The number of pyridine rings is 1. The maximum absolute atomic E-state index is 6.14. The summed E-state index contributed by atoms with van der Waals surface area (Å²) >= 11 is 0. The van der Waals surface area contributed by atoms with Crippen LogP contribution in [0.15, 0.2) is 42.0 Å². The molecule has 0 radical (unpaired) electrons. The van der Waals surface area contributed by atoms with E-state index in [1.165, 1.54) is 25.7 Å². The number of guanidine groups is 1. The van der Waals surface area contributed by atoms with Crippen molar-refractivity contribution in [1.29, 1.82) is 0 Å². The van der Waals surface area contributed by atoms with E-state index in [0.29, 0.717) is 12.5 Å². The second kappa shape index (κ2) is 8.85. The molecule has 1 fully saturated rings. The molecule has 124 valence electrons. The summed E-state index contributed by atoms with van der Waals surface area (Å²) in [6.07, 6.45) is 12.1. The van der Waals surface area contributed by atoms with Crippen LogP contribution in [-0.4, -0.2) is 38.5 Å². The van der Waals surface area contributed by atoms with Crippen LogP contribution >= 0.6 is 24.0 Å². The quantitative estimate of drug-likeness (QED) is 0.465. The van der Waals surface area contributed by atoms with Crippen LogP contribution < -0.4 is 5.73 Å². The molecule has 2 N–H and O–H groups in total. The van der Waals surface area contributed by atoms with Crippen LogP contribution in [0.2, 0.25) is 0 Å². The van der Waals surface area contributed by atoms with Gasteiger partial charge in [0, 0.05) is 31.7 Å². The molecule has 2 aromatic heterocycles. The lowest BCUT2D eigenvalue weighted by atomic mass is 10.2. The second-order valence-electron chi connectivity index (χ2n) is 5.57. The van der Waals surface area contributed by atoms with Gasteiger partial charge in [-0.15, -0.1) is 24.0 Å². The summed E-state index contributed by atoms with van der Waals surface area (Å²) in [5, 5.41) is 0. The van der Waals surface area contributed by atoms with Crippen LogP contribution in [-0.2, 0) is 6.54 Å². The number of aliphatic imine (C=N–C) groups is 1. The molecule has 0 amide bonds. The monoisotopic (exact) mass is 426 g/mol. The van der Waals surface area contributed by atoms with Crippen molar-refractivity contribution < 1.29 is 0 Å². The fraction of sp³-hybridized carbons (Fsp3) is 0.438. The zero-order valence-corrected chi connectivity index (χ0v) is 15.5. The minimum Gasteiger partial charge on any atom is -0.370 e. The van der Waals surface area contributed by atoms with Gasteiger partial charge in [0.2, 0.25) is 0 Å². The normalized spacial score (nSPS) is 15.8. The minimum absolute atomic E-state index is 0. The first-order valence-electron chi connectivity index (χ1n) is 7.81. The molecule has 3 heterocycles. The Morgan fingerprint density at radius 2 is 1.96 bits per heavy atom. The third kappa shape index (κ3) is 4.92. The van der Waals surface area contributed by atoms with E-state index in [2.05, 4.69) is 19.9 Å². The van der Waals surface area contributed by atoms with Crippen LogP contribution in [0.5, 0.6) is 0 Å². The number of hydrogen-bond acceptors (Lipinski definition) is 3. The molecule has 0 aliphatic carbocycles. The van der Waals surface area contributed by atoms with Crippen molar-refractivity contribution in [2.45, 2.75) is 32.2 Å². The predicted octanol–water partition coefficient (Wildman–Crippen LogP) is 2.58. The molecule has 0 saturated carbocycles. The number of imidazole rings is 1. The van der Waals surface area contributed by atoms with Gasteiger partial charge in [-0.2, -0.15) is 0 Å². The van der Waals surface area contributed by atoms with Crippen molar-refractivity contribution in [3.05, 3.63) is 42.6 Å². The van der Waals surface area contributed by atoms with E-state index >= 15 is 0 Å². The van der Waals surface area contributed by atoms with Crippen molar-refractivity contribution >= 4 is 29.9 Å². The SMILES string of the molecule is I.NC(=NCc1ccnc(-n2ccnc2)c1)N1CCCCCC1. The molecule has 7 heteroatoms. The summed E-state index contributed by atoms with van der Waals surface area (Å²) in [5.41, 5.74) is 7.24.